The van der Waals surface area contributed by atoms with Crippen LogP contribution in [0.4, 0.5) is 5.69 Å². The second-order valence-corrected chi connectivity index (χ2v) is 6.01. The molecule has 1 amide bonds. The molecule has 1 aromatic rings. The summed E-state index contributed by atoms with van der Waals surface area (Å²) in [5.74, 6) is 0.345. The minimum Gasteiger partial charge on any atom is -0.317 e. The Hall–Kier alpha value is -1.35. The lowest BCUT2D eigenvalue weighted by Gasteiger charge is -2.32. The minimum absolute atomic E-state index is 0.0793. The van der Waals surface area contributed by atoms with Crippen molar-refractivity contribution in [2.24, 2.45) is 5.41 Å². The molecule has 2 saturated heterocycles. The van der Waals surface area contributed by atoms with E-state index in [1.165, 1.54) is 11.1 Å². The average Bonchev–Trinajstić information content (AvgIpc) is 2.72. The molecule has 0 saturated carbocycles. The zero-order valence-corrected chi connectivity index (χ0v) is 11.8. The van der Waals surface area contributed by atoms with Gasteiger partial charge in [0.2, 0.25) is 5.91 Å². The Morgan fingerprint density at radius 3 is 2.53 bits per heavy atom. The number of aryl methyl sites for hydroxylation is 2. The average molecular weight is 258 g/mol. The summed E-state index contributed by atoms with van der Waals surface area (Å²) >= 11 is 0. The Balaban J connectivity index is 1.87. The van der Waals surface area contributed by atoms with Gasteiger partial charge in [0.15, 0.2) is 0 Å². The van der Waals surface area contributed by atoms with E-state index in [0.717, 1.165) is 44.6 Å². The molecule has 2 heterocycles. The van der Waals surface area contributed by atoms with Gasteiger partial charge in [0.1, 0.15) is 0 Å². The molecular weight excluding hydrogens is 236 g/mol. The first-order valence-electron chi connectivity index (χ1n) is 7.22. The Morgan fingerprint density at radius 1 is 1.11 bits per heavy atom. The first kappa shape index (κ1) is 12.7. The molecule has 102 valence electrons. The zero-order valence-electron chi connectivity index (χ0n) is 11.8. The lowest BCUT2D eigenvalue weighted by Crippen LogP contribution is -2.42. The summed E-state index contributed by atoms with van der Waals surface area (Å²) in [6.45, 7) is 7.05. The molecule has 0 atom stereocenters. The van der Waals surface area contributed by atoms with Gasteiger partial charge in [-0.15, -0.1) is 0 Å². The van der Waals surface area contributed by atoms with Crippen LogP contribution >= 0.6 is 0 Å². The number of hydrogen-bond acceptors (Lipinski definition) is 2. The van der Waals surface area contributed by atoms with E-state index in [1.807, 2.05) is 4.90 Å². The number of anilines is 1. The molecule has 1 spiro atoms. The molecule has 2 aliphatic heterocycles. The number of nitrogens with zero attached hydrogens (tertiary/aromatic N) is 1. The van der Waals surface area contributed by atoms with Crippen molar-refractivity contribution in [3.05, 3.63) is 29.3 Å². The first-order valence-corrected chi connectivity index (χ1v) is 7.22. The normalized spacial score (nSPS) is 22.2. The monoisotopic (exact) mass is 258 g/mol. The van der Waals surface area contributed by atoms with Crippen molar-refractivity contribution >= 4 is 11.6 Å². The number of carbonyl (C=O) groups excluding carboxylic acids is 1. The van der Waals surface area contributed by atoms with E-state index in [9.17, 15) is 4.79 Å². The van der Waals surface area contributed by atoms with Crippen LogP contribution in [0.3, 0.4) is 0 Å². The fourth-order valence-corrected chi connectivity index (χ4v) is 3.33. The van der Waals surface area contributed by atoms with Crippen LogP contribution in [0.25, 0.3) is 0 Å². The van der Waals surface area contributed by atoms with Gasteiger partial charge in [0, 0.05) is 12.2 Å². The molecule has 2 fully saturated rings. The standard InChI is InChI=1S/C16H22N2O/c1-12-3-4-14(11-13(12)2)18-10-7-16(15(18)19)5-8-17-9-6-16/h3-4,11,17H,5-10H2,1-2H3. The molecule has 0 bridgehead atoms. The molecule has 0 aromatic heterocycles. The van der Waals surface area contributed by atoms with E-state index >= 15 is 0 Å². The largest absolute Gasteiger partial charge is 0.317 e. The number of carbonyl (C=O) groups is 1. The maximum Gasteiger partial charge on any atom is 0.233 e. The van der Waals surface area contributed by atoms with Crippen molar-refractivity contribution in [3.8, 4) is 0 Å². The summed E-state index contributed by atoms with van der Waals surface area (Å²) in [6, 6.07) is 6.35. The van der Waals surface area contributed by atoms with Gasteiger partial charge in [-0.05, 0) is 69.5 Å². The Labute approximate surface area is 115 Å². The Morgan fingerprint density at radius 2 is 1.84 bits per heavy atom. The highest BCUT2D eigenvalue weighted by atomic mass is 16.2. The van der Waals surface area contributed by atoms with E-state index in [4.69, 9.17) is 0 Å². The van der Waals surface area contributed by atoms with Crippen molar-refractivity contribution in [1.29, 1.82) is 0 Å². The molecule has 3 rings (SSSR count). The summed E-state index contributed by atoms with van der Waals surface area (Å²) in [5.41, 5.74) is 3.54. The van der Waals surface area contributed by atoms with E-state index < -0.39 is 0 Å². The molecular formula is C16H22N2O. The van der Waals surface area contributed by atoms with Gasteiger partial charge < -0.3 is 10.2 Å². The number of nitrogens with one attached hydrogen (secondary N) is 1. The Bertz CT molecular complexity index is 503. The molecule has 2 aliphatic rings. The van der Waals surface area contributed by atoms with Gasteiger partial charge >= 0.3 is 0 Å². The summed E-state index contributed by atoms with van der Waals surface area (Å²) < 4.78 is 0. The summed E-state index contributed by atoms with van der Waals surface area (Å²) in [6.07, 6.45) is 3.00. The molecule has 0 unspecified atom stereocenters. The van der Waals surface area contributed by atoms with Crippen molar-refractivity contribution in [2.45, 2.75) is 33.1 Å². The number of amides is 1. The SMILES string of the molecule is Cc1ccc(N2CCC3(CCNCC3)C2=O)cc1C. The predicted molar refractivity (Wildman–Crippen MR) is 77.4 cm³/mol. The van der Waals surface area contributed by atoms with Crippen molar-refractivity contribution in [3.63, 3.8) is 0 Å². The number of hydrogen-bond donors (Lipinski definition) is 1. The molecule has 0 radical (unpaired) electrons. The molecule has 1 aromatic carbocycles. The van der Waals surface area contributed by atoms with Crippen molar-refractivity contribution in [2.75, 3.05) is 24.5 Å². The number of rotatable bonds is 1. The fraction of sp³-hybridized carbons (Fsp3) is 0.562. The molecule has 0 aliphatic carbocycles. The topological polar surface area (TPSA) is 32.3 Å². The van der Waals surface area contributed by atoms with Crippen molar-refractivity contribution in [1.82, 2.24) is 5.32 Å². The van der Waals surface area contributed by atoms with Crippen LogP contribution < -0.4 is 10.2 Å². The predicted octanol–water partition coefficient (Wildman–Crippen LogP) is 2.41. The van der Waals surface area contributed by atoms with Crippen molar-refractivity contribution < 1.29 is 4.79 Å². The molecule has 1 N–H and O–H groups in total. The van der Waals surface area contributed by atoms with Crippen LogP contribution in [0, 0.1) is 19.3 Å². The summed E-state index contributed by atoms with van der Waals surface area (Å²) in [4.78, 5) is 14.8. The van der Waals surface area contributed by atoms with E-state index in [1.54, 1.807) is 0 Å². The summed E-state index contributed by atoms with van der Waals surface area (Å²) in [5, 5.41) is 3.36. The highest BCUT2D eigenvalue weighted by Gasteiger charge is 2.47. The number of benzene rings is 1. The quantitative estimate of drug-likeness (QED) is 0.839. The zero-order chi connectivity index (χ0) is 13.5. The first-order chi connectivity index (χ1) is 9.12. The van der Waals surface area contributed by atoms with E-state index in [-0.39, 0.29) is 5.41 Å². The van der Waals surface area contributed by atoms with Crippen LogP contribution in [0.5, 0.6) is 0 Å². The lowest BCUT2D eigenvalue weighted by atomic mass is 9.77. The third-order valence-corrected chi connectivity index (χ3v) is 4.88. The maximum absolute atomic E-state index is 12.8. The van der Waals surface area contributed by atoms with Gasteiger partial charge in [-0.25, -0.2) is 0 Å². The minimum atomic E-state index is -0.0793. The van der Waals surface area contributed by atoms with Crippen LogP contribution in [0.1, 0.15) is 30.4 Å². The maximum atomic E-state index is 12.8. The smallest absolute Gasteiger partial charge is 0.233 e. The third-order valence-electron chi connectivity index (χ3n) is 4.88. The molecule has 3 heteroatoms. The Kier molecular flexibility index (Phi) is 3.09. The molecule has 19 heavy (non-hydrogen) atoms. The number of piperidine rings is 1. The van der Waals surface area contributed by atoms with Gasteiger partial charge in [0.05, 0.1) is 5.41 Å². The second kappa shape index (κ2) is 4.64. The van der Waals surface area contributed by atoms with Gasteiger partial charge in [0.25, 0.3) is 0 Å². The van der Waals surface area contributed by atoms with E-state index in [2.05, 4.69) is 37.4 Å². The van der Waals surface area contributed by atoms with Crippen LogP contribution in [0.2, 0.25) is 0 Å². The van der Waals surface area contributed by atoms with Gasteiger partial charge in [-0.1, -0.05) is 6.07 Å². The van der Waals surface area contributed by atoms with Crippen LogP contribution in [-0.2, 0) is 4.79 Å². The van der Waals surface area contributed by atoms with E-state index in [0.29, 0.717) is 5.91 Å². The fourth-order valence-electron chi connectivity index (χ4n) is 3.33. The highest BCUT2D eigenvalue weighted by Crippen LogP contribution is 2.41. The highest BCUT2D eigenvalue weighted by molar-refractivity contribution is 6.00. The second-order valence-electron chi connectivity index (χ2n) is 6.01. The van der Waals surface area contributed by atoms with Gasteiger partial charge in [-0.3, -0.25) is 4.79 Å². The third kappa shape index (κ3) is 2.06. The van der Waals surface area contributed by atoms with Crippen LogP contribution in [0.15, 0.2) is 18.2 Å². The lowest BCUT2D eigenvalue weighted by molar-refractivity contribution is -0.126. The van der Waals surface area contributed by atoms with Gasteiger partial charge in [-0.2, -0.15) is 0 Å². The molecule has 3 nitrogen and oxygen atoms in total. The van der Waals surface area contributed by atoms with Crippen LogP contribution in [-0.4, -0.2) is 25.5 Å². The summed E-state index contributed by atoms with van der Waals surface area (Å²) in [7, 11) is 0.